The molecule has 0 aromatic rings. The summed E-state index contributed by atoms with van der Waals surface area (Å²) in [6.07, 6.45) is 81.7. The molecule has 0 aliphatic heterocycles. The molecule has 1 atom stereocenters. The molecule has 0 radical (unpaired) electrons. The average molecular weight is 982 g/mol. The van der Waals surface area contributed by atoms with Gasteiger partial charge in [0.25, 0.3) is 0 Å². The lowest BCUT2D eigenvalue weighted by molar-refractivity contribution is -0.167. The maximum absolute atomic E-state index is 12.8. The highest BCUT2D eigenvalue weighted by Crippen LogP contribution is 2.13. The quantitative estimate of drug-likeness (QED) is 0.0262. The molecular formula is C65H104O6. The van der Waals surface area contributed by atoms with Crippen LogP contribution in [0.4, 0.5) is 0 Å². The van der Waals surface area contributed by atoms with Gasteiger partial charge in [-0.3, -0.25) is 14.4 Å². The lowest BCUT2D eigenvalue weighted by Gasteiger charge is -2.18. The van der Waals surface area contributed by atoms with Crippen LogP contribution in [0.2, 0.25) is 0 Å². The van der Waals surface area contributed by atoms with Gasteiger partial charge in [-0.25, -0.2) is 0 Å². The van der Waals surface area contributed by atoms with Crippen molar-refractivity contribution in [2.75, 3.05) is 13.2 Å². The van der Waals surface area contributed by atoms with Crippen LogP contribution in [0.3, 0.4) is 0 Å². The molecule has 400 valence electrons. The van der Waals surface area contributed by atoms with Crippen LogP contribution in [0.15, 0.2) is 134 Å². The van der Waals surface area contributed by atoms with Crippen LogP contribution in [0.1, 0.15) is 239 Å². The average Bonchev–Trinajstić information content (AvgIpc) is 3.37. The number of hydrogen-bond acceptors (Lipinski definition) is 6. The van der Waals surface area contributed by atoms with Gasteiger partial charge in [0.1, 0.15) is 13.2 Å². The van der Waals surface area contributed by atoms with E-state index in [4.69, 9.17) is 14.2 Å². The van der Waals surface area contributed by atoms with E-state index in [1.54, 1.807) is 0 Å². The fourth-order valence-corrected chi connectivity index (χ4v) is 7.30. The lowest BCUT2D eigenvalue weighted by atomic mass is 10.1. The second kappa shape index (κ2) is 58.1. The Labute approximate surface area is 436 Å². The number of allylic oxidation sites excluding steroid dienone is 22. The highest BCUT2D eigenvalue weighted by atomic mass is 16.6. The van der Waals surface area contributed by atoms with Crippen molar-refractivity contribution in [1.82, 2.24) is 0 Å². The fraction of sp³-hybridized carbons (Fsp3) is 0.615. The van der Waals surface area contributed by atoms with Gasteiger partial charge in [-0.1, -0.05) is 225 Å². The van der Waals surface area contributed by atoms with Crippen LogP contribution in [0.5, 0.6) is 0 Å². The normalized spacial score (nSPS) is 13.1. The predicted molar refractivity (Wildman–Crippen MR) is 306 cm³/mol. The Morgan fingerprint density at radius 2 is 0.577 bits per heavy atom. The molecule has 1 unspecified atom stereocenters. The number of hydrogen-bond donors (Lipinski definition) is 0. The first-order valence-electron chi connectivity index (χ1n) is 28.7. The summed E-state index contributed by atoms with van der Waals surface area (Å²) in [5, 5.41) is 0. The van der Waals surface area contributed by atoms with Crippen LogP contribution in [0.25, 0.3) is 0 Å². The van der Waals surface area contributed by atoms with Crippen LogP contribution in [-0.2, 0) is 28.6 Å². The zero-order valence-corrected chi connectivity index (χ0v) is 45.7. The van der Waals surface area contributed by atoms with Gasteiger partial charge in [0.2, 0.25) is 0 Å². The Morgan fingerprint density at radius 3 is 0.972 bits per heavy atom. The molecule has 0 saturated carbocycles. The maximum atomic E-state index is 12.8. The summed E-state index contributed by atoms with van der Waals surface area (Å²) in [5.41, 5.74) is 0. The Morgan fingerprint density at radius 1 is 0.296 bits per heavy atom. The maximum Gasteiger partial charge on any atom is 0.306 e. The van der Waals surface area contributed by atoms with Gasteiger partial charge in [0.05, 0.1) is 0 Å². The van der Waals surface area contributed by atoms with Crippen molar-refractivity contribution in [3.63, 3.8) is 0 Å². The molecule has 0 fully saturated rings. The van der Waals surface area contributed by atoms with Crippen molar-refractivity contribution in [1.29, 1.82) is 0 Å². The lowest BCUT2D eigenvalue weighted by Crippen LogP contribution is -2.30. The molecule has 6 nitrogen and oxygen atoms in total. The predicted octanol–water partition coefficient (Wildman–Crippen LogP) is 19.4. The summed E-state index contributed by atoms with van der Waals surface area (Å²) < 4.78 is 16.7. The first-order valence-corrected chi connectivity index (χ1v) is 28.7. The summed E-state index contributed by atoms with van der Waals surface area (Å²) in [6, 6.07) is 0. The Kier molecular flexibility index (Phi) is 54.5. The summed E-state index contributed by atoms with van der Waals surface area (Å²) in [7, 11) is 0. The standard InChI is InChI=1S/C65H104O6/c1-4-7-10-13-16-19-22-24-25-26-27-28-29-30-31-32-33-34-35-36-37-38-39-41-43-46-49-52-55-58-64(67)70-61-62(60-69-63(66)57-54-51-48-45-42-21-18-15-12-9-6-3)71-65(68)59-56-53-50-47-44-40-23-20-17-14-11-8-5-2/h7,10,15-16,18-20,23-25,27-28,30-31,33-34,36-37,39,41,46,49,62H,4-6,8-9,11-14,17,21-22,26,29,32,35,38,40,42-45,47-48,50-61H2,1-3H3/b10-7-,18-15-,19-16-,23-20-,25-24-,28-27-,31-30-,34-33-,37-36-,41-39-,49-46-. The van der Waals surface area contributed by atoms with Crippen molar-refractivity contribution in [3.05, 3.63) is 134 Å². The first kappa shape index (κ1) is 66.6. The third-order valence-electron chi connectivity index (χ3n) is 11.6. The number of carbonyl (C=O) groups excluding carboxylic acids is 3. The molecule has 71 heavy (non-hydrogen) atoms. The van der Waals surface area contributed by atoms with Gasteiger partial charge < -0.3 is 14.2 Å². The van der Waals surface area contributed by atoms with E-state index in [0.29, 0.717) is 19.3 Å². The summed E-state index contributed by atoms with van der Waals surface area (Å²) in [4.78, 5) is 38.0. The molecule has 0 amide bonds. The van der Waals surface area contributed by atoms with Gasteiger partial charge in [-0.05, 0) is 128 Å². The summed E-state index contributed by atoms with van der Waals surface area (Å²) >= 11 is 0. The summed E-state index contributed by atoms with van der Waals surface area (Å²) in [6.45, 7) is 6.39. The Hall–Kier alpha value is -4.45. The molecule has 0 aliphatic rings. The number of unbranched alkanes of at least 4 members (excludes halogenated alkanes) is 17. The third kappa shape index (κ3) is 56.3. The molecule has 0 spiro atoms. The zero-order chi connectivity index (χ0) is 51.4. The van der Waals surface area contributed by atoms with E-state index in [-0.39, 0.29) is 37.5 Å². The molecule has 0 heterocycles. The molecule has 0 bridgehead atoms. The monoisotopic (exact) mass is 981 g/mol. The smallest absolute Gasteiger partial charge is 0.306 e. The Balaban J connectivity index is 4.40. The van der Waals surface area contributed by atoms with Crippen LogP contribution in [-0.4, -0.2) is 37.2 Å². The molecule has 0 rings (SSSR count). The third-order valence-corrected chi connectivity index (χ3v) is 11.6. The van der Waals surface area contributed by atoms with Crippen molar-refractivity contribution in [2.24, 2.45) is 0 Å². The number of ether oxygens (including phenoxy) is 3. The van der Waals surface area contributed by atoms with E-state index < -0.39 is 6.10 Å². The minimum absolute atomic E-state index is 0.107. The minimum atomic E-state index is -0.812. The van der Waals surface area contributed by atoms with Crippen LogP contribution < -0.4 is 0 Å². The van der Waals surface area contributed by atoms with E-state index in [2.05, 4.69) is 154 Å². The molecule has 0 saturated heterocycles. The highest BCUT2D eigenvalue weighted by molar-refractivity contribution is 5.71. The van der Waals surface area contributed by atoms with E-state index >= 15 is 0 Å². The van der Waals surface area contributed by atoms with Gasteiger partial charge in [-0.15, -0.1) is 0 Å². The molecule has 0 aliphatic carbocycles. The van der Waals surface area contributed by atoms with Gasteiger partial charge in [0.15, 0.2) is 6.10 Å². The van der Waals surface area contributed by atoms with E-state index in [1.165, 1.54) is 64.2 Å². The van der Waals surface area contributed by atoms with Gasteiger partial charge >= 0.3 is 17.9 Å². The molecule has 0 aromatic heterocycles. The fourth-order valence-electron chi connectivity index (χ4n) is 7.30. The molecule has 0 aromatic carbocycles. The SMILES string of the molecule is CC/C=C\C/C=C\C/C=C\C/C=C\C/C=C\C/C=C\C/C=C\C/C=C\C/C=C\CCCC(=O)OCC(COC(=O)CCCCCCC/C=C\CCCC)OC(=O)CCCCCCC/C=C\CCCCCC. The van der Waals surface area contributed by atoms with Gasteiger partial charge in [0, 0.05) is 19.3 Å². The van der Waals surface area contributed by atoms with Crippen molar-refractivity contribution < 1.29 is 28.6 Å². The molecular weight excluding hydrogens is 877 g/mol. The van der Waals surface area contributed by atoms with E-state index in [0.717, 1.165) is 128 Å². The van der Waals surface area contributed by atoms with Crippen molar-refractivity contribution in [3.8, 4) is 0 Å². The summed E-state index contributed by atoms with van der Waals surface area (Å²) in [5.74, 6) is -0.994. The van der Waals surface area contributed by atoms with E-state index in [1.807, 2.05) is 0 Å². The van der Waals surface area contributed by atoms with Crippen LogP contribution >= 0.6 is 0 Å². The van der Waals surface area contributed by atoms with Gasteiger partial charge in [-0.2, -0.15) is 0 Å². The highest BCUT2D eigenvalue weighted by Gasteiger charge is 2.19. The first-order chi connectivity index (χ1) is 35.0. The number of carbonyl (C=O) groups is 3. The zero-order valence-electron chi connectivity index (χ0n) is 45.7. The van der Waals surface area contributed by atoms with Crippen molar-refractivity contribution in [2.45, 2.75) is 245 Å². The molecule has 0 N–H and O–H groups in total. The minimum Gasteiger partial charge on any atom is -0.462 e. The molecule has 6 heteroatoms. The van der Waals surface area contributed by atoms with Crippen LogP contribution in [0, 0.1) is 0 Å². The largest absolute Gasteiger partial charge is 0.462 e. The number of esters is 3. The van der Waals surface area contributed by atoms with Crippen molar-refractivity contribution >= 4 is 17.9 Å². The second-order valence-electron chi connectivity index (χ2n) is 18.5. The Bertz CT molecular complexity index is 1550. The number of rotatable bonds is 50. The topological polar surface area (TPSA) is 78.9 Å². The van der Waals surface area contributed by atoms with E-state index in [9.17, 15) is 14.4 Å². The second-order valence-corrected chi connectivity index (χ2v) is 18.5.